The van der Waals surface area contributed by atoms with Crippen LogP contribution in [0.5, 0.6) is 11.5 Å². The number of carbonyl (C=O) groups is 2. The maximum atomic E-state index is 12.6. The normalized spacial score (nSPS) is 11.7. The van der Waals surface area contributed by atoms with Crippen LogP contribution in [0.4, 0.5) is 13.2 Å². The molecule has 7 nitrogen and oxygen atoms in total. The third-order valence-corrected chi connectivity index (χ3v) is 5.81. The Morgan fingerprint density at radius 1 is 1.00 bits per heavy atom. The topological polar surface area (TPSA) is 97.8 Å². The predicted octanol–water partition coefficient (Wildman–Crippen LogP) is 5.19. The summed E-state index contributed by atoms with van der Waals surface area (Å²) in [6.45, 7) is 4.78. The number of aryl methyl sites for hydroxylation is 1. The summed E-state index contributed by atoms with van der Waals surface area (Å²) in [6.07, 6.45) is -4.77. The molecule has 0 bridgehead atoms. The lowest BCUT2D eigenvalue weighted by Gasteiger charge is -2.21. The lowest BCUT2D eigenvalue weighted by atomic mass is 10.1. The van der Waals surface area contributed by atoms with Gasteiger partial charge in [0, 0.05) is 12.1 Å². The zero-order valence-electron chi connectivity index (χ0n) is 18.4. The van der Waals surface area contributed by atoms with Crippen molar-refractivity contribution in [2.75, 3.05) is 0 Å². The lowest BCUT2D eigenvalue weighted by Crippen LogP contribution is -2.37. The highest BCUT2D eigenvalue weighted by Crippen LogP contribution is 2.30. The molecule has 2 aromatic carbocycles. The van der Waals surface area contributed by atoms with Crippen molar-refractivity contribution in [3.05, 3.63) is 64.7 Å². The number of carboxylic acids is 1. The molecule has 1 aromatic heterocycles. The van der Waals surface area contributed by atoms with E-state index >= 15 is 0 Å². The molecule has 1 amide bonds. The van der Waals surface area contributed by atoms with Crippen LogP contribution in [0.3, 0.4) is 0 Å². The molecule has 3 rings (SSSR count). The Balaban J connectivity index is 1.62. The van der Waals surface area contributed by atoms with Crippen LogP contribution in [0.2, 0.25) is 0 Å². The van der Waals surface area contributed by atoms with Gasteiger partial charge in [-0.3, -0.25) is 4.79 Å². The number of thiazole rings is 1. The van der Waals surface area contributed by atoms with Crippen LogP contribution in [0.25, 0.3) is 10.6 Å². The highest BCUT2D eigenvalue weighted by Gasteiger charge is 2.31. The fourth-order valence-electron chi connectivity index (χ4n) is 2.81. The smallest absolute Gasteiger partial charge is 0.478 e. The Hall–Kier alpha value is -3.60. The van der Waals surface area contributed by atoms with Gasteiger partial charge in [0.25, 0.3) is 5.91 Å². The van der Waals surface area contributed by atoms with E-state index in [9.17, 15) is 22.8 Å². The van der Waals surface area contributed by atoms with E-state index in [1.165, 1.54) is 38.1 Å². The number of aromatic nitrogens is 1. The standard InChI is InChI=1S/C23H21F3N2O5S/c1-13-18(34-20(28-13)15-6-10-17(11-7-15)33-23(24,25)26)19(29)27-12-14-4-8-16(9-5-14)32-22(2,3)21(30)31/h4-11H,12H2,1-3H3,(H,27,29)(H,30,31). The Labute approximate surface area is 197 Å². The van der Waals surface area contributed by atoms with Crippen molar-refractivity contribution in [1.29, 1.82) is 0 Å². The second kappa shape index (κ2) is 9.72. The SMILES string of the molecule is Cc1nc(-c2ccc(OC(F)(F)F)cc2)sc1C(=O)NCc1ccc(OC(C)(C)C(=O)O)cc1. The van der Waals surface area contributed by atoms with E-state index in [0.717, 1.165) is 16.9 Å². The van der Waals surface area contributed by atoms with E-state index in [1.807, 2.05) is 0 Å². The van der Waals surface area contributed by atoms with Crippen LogP contribution in [-0.2, 0) is 11.3 Å². The minimum Gasteiger partial charge on any atom is -0.478 e. The average Bonchev–Trinajstić information content (AvgIpc) is 3.14. The zero-order valence-corrected chi connectivity index (χ0v) is 19.2. The van der Waals surface area contributed by atoms with Gasteiger partial charge in [0.2, 0.25) is 0 Å². The molecule has 0 atom stereocenters. The van der Waals surface area contributed by atoms with Crippen LogP contribution >= 0.6 is 11.3 Å². The first-order valence-corrected chi connectivity index (χ1v) is 10.8. The number of carboxylic acid groups (broad SMARTS) is 1. The Bertz CT molecular complexity index is 1170. The van der Waals surface area contributed by atoms with Crippen LogP contribution in [0.1, 0.15) is 34.8 Å². The molecule has 0 saturated carbocycles. The number of nitrogens with zero attached hydrogens (tertiary/aromatic N) is 1. The van der Waals surface area contributed by atoms with E-state index in [1.54, 1.807) is 31.2 Å². The van der Waals surface area contributed by atoms with Gasteiger partial charge in [0.1, 0.15) is 21.4 Å². The quantitative estimate of drug-likeness (QED) is 0.447. The number of rotatable bonds is 8. The van der Waals surface area contributed by atoms with Gasteiger partial charge in [0.05, 0.1) is 5.69 Å². The summed E-state index contributed by atoms with van der Waals surface area (Å²) >= 11 is 1.12. The van der Waals surface area contributed by atoms with Gasteiger partial charge in [-0.2, -0.15) is 0 Å². The van der Waals surface area contributed by atoms with Gasteiger partial charge in [-0.1, -0.05) is 12.1 Å². The molecule has 3 aromatic rings. The molecule has 0 aliphatic heterocycles. The molecule has 0 saturated heterocycles. The molecule has 0 spiro atoms. The van der Waals surface area contributed by atoms with Gasteiger partial charge in [0.15, 0.2) is 5.60 Å². The summed E-state index contributed by atoms with van der Waals surface area (Å²) < 4.78 is 46.3. The van der Waals surface area contributed by atoms with Crippen molar-refractivity contribution >= 4 is 23.2 Å². The number of amides is 1. The second-order valence-corrected chi connectivity index (χ2v) is 8.75. The number of hydrogen-bond donors (Lipinski definition) is 2. The summed E-state index contributed by atoms with van der Waals surface area (Å²) in [5.74, 6) is -1.39. The maximum Gasteiger partial charge on any atom is 0.573 e. The third kappa shape index (κ3) is 6.47. The van der Waals surface area contributed by atoms with Crippen molar-refractivity contribution < 1.29 is 37.3 Å². The first-order valence-electron chi connectivity index (χ1n) is 9.97. The van der Waals surface area contributed by atoms with E-state index in [-0.39, 0.29) is 18.2 Å². The number of nitrogens with one attached hydrogen (secondary N) is 1. The van der Waals surface area contributed by atoms with Crippen molar-refractivity contribution in [2.24, 2.45) is 0 Å². The summed E-state index contributed by atoms with van der Waals surface area (Å²) in [5, 5.41) is 12.4. The predicted molar refractivity (Wildman–Crippen MR) is 119 cm³/mol. The third-order valence-electron chi connectivity index (χ3n) is 4.60. The van der Waals surface area contributed by atoms with Crippen LogP contribution < -0.4 is 14.8 Å². The van der Waals surface area contributed by atoms with Crippen molar-refractivity contribution in [2.45, 2.75) is 39.3 Å². The molecule has 11 heteroatoms. The first kappa shape index (κ1) is 25.0. The van der Waals surface area contributed by atoms with Gasteiger partial charge in [-0.25, -0.2) is 9.78 Å². The van der Waals surface area contributed by atoms with Crippen molar-refractivity contribution in [1.82, 2.24) is 10.3 Å². The fraction of sp³-hybridized carbons (Fsp3) is 0.261. The molecule has 180 valence electrons. The molecular weight excluding hydrogens is 473 g/mol. The minimum absolute atomic E-state index is 0.220. The van der Waals surface area contributed by atoms with Gasteiger partial charge in [-0.15, -0.1) is 24.5 Å². The molecule has 0 radical (unpaired) electrons. The molecular formula is C23H21F3N2O5S. The minimum atomic E-state index is -4.77. The first-order chi connectivity index (χ1) is 15.8. The number of hydrogen-bond acceptors (Lipinski definition) is 6. The summed E-state index contributed by atoms with van der Waals surface area (Å²) in [7, 11) is 0. The Morgan fingerprint density at radius 2 is 1.56 bits per heavy atom. The molecule has 0 unspecified atom stereocenters. The molecule has 34 heavy (non-hydrogen) atoms. The number of benzene rings is 2. The largest absolute Gasteiger partial charge is 0.573 e. The number of carbonyl (C=O) groups excluding carboxylic acids is 1. The number of halogens is 3. The number of alkyl halides is 3. The fourth-order valence-corrected chi connectivity index (χ4v) is 3.79. The number of ether oxygens (including phenoxy) is 2. The summed E-state index contributed by atoms with van der Waals surface area (Å²) in [5.41, 5.74) is 0.453. The Morgan fingerprint density at radius 3 is 2.12 bits per heavy atom. The van der Waals surface area contributed by atoms with E-state index in [0.29, 0.717) is 26.9 Å². The monoisotopic (exact) mass is 494 g/mol. The van der Waals surface area contributed by atoms with Crippen LogP contribution in [0.15, 0.2) is 48.5 Å². The highest BCUT2D eigenvalue weighted by atomic mass is 32.1. The van der Waals surface area contributed by atoms with E-state index < -0.39 is 17.9 Å². The molecule has 0 aliphatic carbocycles. The summed E-state index contributed by atoms with van der Waals surface area (Å²) in [4.78, 5) is 28.5. The van der Waals surface area contributed by atoms with E-state index in [2.05, 4.69) is 15.0 Å². The lowest BCUT2D eigenvalue weighted by molar-refractivity contribution is -0.274. The highest BCUT2D eigenvalue weighted by molar-refractivity contribution is 7.17. The summed E-state index contributed by atoms with van der Waals surface area (Å²) in [6, 6.07) is 11.9. The average molecular weight is 494 g/mol. The van der Waals surface area contributed by atoms with Gasteiger partial charge >= 0.3 is 12.3 Å². The molecule has 2 N–H and O–H groups in total. The van der Waals surface area contributed by atoms with E-state index in [4.69, 9.17) is 9.84 Å². The zero-order chi connectivity index (χ0) is 25.1. The van der Waals surface area contributed by atoms with Gasteiger partial charge in [-0.05, 0) is 62.7 Å². The van der Waals surface area contributed by atoms with Crippen LogP contribution in [-0.4, -0.2) is 33.9 Å². The van der Waals surface area contributed by atoms with Crippen LogP contribution in [0, 0.1) is 6.92 Å². The second-order valence-electron chi connectivity index (χ2n) is 7.75. The molecule has 0 aliphatic rings. The van der Waals surface area contributed by atoms with Crippen molar-refractivity contribution in [3.63, 3.8) is 0 Å². The van der Waals surface area contributed by atoms with Gasteiger partial charge < -0.3 is 19.9 Å². The maximum absolute atomic E-state index is 12.6. The molecule has 0 fully saturated rings. The molecule has 1 heterocycles. The Kier molecular flexibility index (Phi) is 7.15. The number of aliphatic carboxylic acids is 1. The van der Waals surface area contributed by atoms with Crippen molar-refractivity contribution in [3.8, 4) is 22.1 Å².